The summed E-state index contributed by atoms with van der Waals surface area (Å²) in [7, 11) is 1.55. The zero-order valence-electron chi connectivity index (χ0n) is 11.8. The SMILES string of the molecule is COc1ccc(F)cc1C(NN)c1cc(C)nc(C)c1. The zero-order chi connectivity index (χ0) is 14.7. The summed E-state index contributed by atoms with van der Waals surface area (Å²) in [4.78, 5) is 4.33. The molecular formula is C15H18FN3O. The Morgan fingerprint density at radius 2 is 1.85 bits per heavy atom. The van der Waals surface area contributed by atoms with Gasteiger partial charge < -0.3 is 4.74 Å². The molecule has 5 heteroatoms. The van der Waals surface area contributed by atoms with Gasteiger partial charge in [0, 0.05) is 17.0 Å². The molecule has 0 radical (unpaired) electrons. The van der Waals surface area contributed by atoms with Crippen LogP contribution in [0.4, 0.5) is 4.39 Å². The molecule has 0 amide bonds. The van der Waals surface area contributed by atoms with Gasteiger partial charge in [-0.25, -0.2) is 9.82 Å². The number of benzene rings is 1. The maximum Gasteiger partial charge on any atom is 0.124 e. The number of aromatic nitrogens is 1. The van der Waals surface area contributed by atoms with Crippen LogP contribution in [0.25, 0.3) is 0 Å². The molecule has 1 heterocycles. The minimum atomic E-state index is -0.360. The van der Waals surface area contributed by atoms with Crippen LogP contribution in [0.2, 0.25) is 0 Å². The topological polar surface area (TPSA) is 60.2 Å². The first-order valence-electron chi connectivity index (χ1n) is 6.30. The van der Waals surface area contributed by atoms with Gasteiger partial charge >= 0.3 is 0 Å². The van der Waals surface area contributed by atoms with E-state index in [2.05, 4.69) is 10.4 Å². The lowest BCUT2D eigenvalue weighted by Crippen LogP contribution is -2.29. The first-order chi connectivity index (χ1) is 9.55. The molecule has 20 heavy (non-hydrogen) atoms. The summed E-state index contributed by atoms with van der Waals surface area (Å²) in [6, 6.07) is 7.86. The quantitative estimate of drug-likeness (QED) is 0.664. The van der Waals surface area contributed by atoms with Gasteiger partial charge in [-0.05, 0) is 49.7 Å². The molecule has 0 bridgehead atoms. The van der Waals surface area contributed by atoms with E-state index in [1.165, 1.54) is 12.1 Å². The molecule has 1 atom stereocenters. The Morgan fingerprint density at radius 3 is 2.40 bits per heavy atom. The van der Waals surface area contributed by atoms with E-state index in [1.807, 2.05) is 26.0 Å². The highest BCUT2D eigenvalue weighted by Crippen LogP contribution is 2.30. The molecular weight excluding hydrogens is 257 g/mol. The average Bonchev–Trinajstić information content (AvgIpc) is 2.39. The second-order valence-electron chi connectivity index (χ2n) is 4.67. The predicted octanol–water partition coefficient (Wildman–Crippen LogP) is 2.40. The summed E-state index contributed by atoms with van der Waals surface area (Å²) in [6.45, 7) is 3.82. The molecule has 0 fully saturated rings. The average molecular weight is 275 g/mol. The van der Waals surface area contributed by atoms with E-state index in [0.29, 0.717) is 11.3 Å². The molecule has 0 aliphatic carbocycles. The number of rotatable bonds is 4. The molecule has 0 spiro atoms. The Hall–Kier alpha value is -1.98. The molecule has 4 nitrogen and oxygen atoms in total. The van der Waals surface area contributed by atoms with Gasteiger partial charge in [0.15, 0.2) is 0 Å². The molecule has 106 valence electrons. The van der Waals surface area contributed by atoms with Crippen LogP contribution in [0, 0.1) is 19.7 Å². The maximum absolute atomic E-state index is 13.5. The first kappa shape index (κ1) is 14.4. The van der Waals surface area contributed by atoms with Crippen LogP contribution in [0.15, 0.2) is 30.3 Å². The number of halogens is 1. The van der Waals surface area contributed by atoms with Crippen molar-refractivity contribution in [2.24, 2.45) is 5.84 Å². The molecule has 2 rings (SSSR count). The smallest absolute Gasteiger partial charge is 0.124 e. The molecule has 0 aliphatic rings. The number of methoxy groups -OCH3 is 1. The molecule has 0 aliphatic heterocycles. The lowest BCUT2D eigenvalue weighted by molar-refractivity contribution is 0.402. The van der Waals surface area contributed by atoms with Gasteiger partial charge in [-0.15, -0.1) is 0 Å². The summed E-state index contributed by atoms with van der Waals surface area (Å²) in [5.74, 6) is 5.92. The second kappa shape index (κ2) is 5.98. The predicted molar refractivity (Wildman–Crippen MR) is 75.8 cm³/mol. The fraction of sp³-hybridized carbons (Fsp3) is 0.267. The van der Waals surface area contributed by atoms with Crippen LogP contribution in [-0.4, -0.2) is 12.1 Å². The summed E-state index contributed by atoms with van der Waals surface area (Å²) < 4.78 is 18.8. The van der Waals surface area contributed by atoms with Crippen molar-refractivity contribution >= 4 is 0 Å². The van der Waals surface area contributed by atoms with Crippen LogP contribution < -0.4 is 16.0 Å². The van der Waals surface area contributed by atoms with E-state index in [-0.39, 0.29) is 11.9 Å². The van der Waals surface area contributed by atoms with Gasteiger partial charge in [-0.1, -0.05) is 0 Å². The normalized spacial score (nSPS) is 12.2. The number of nitrogens with one attached hydrogen (secondary N) is 1. The van der Waals surface area contributed by atoms with Crippen molar-refractivity contribution in [1.29, 1.82) is 0 Å². The Balaban J connectivity index is 2.54. The van der Waals surface area contributed by atoms with E-state index in [0.717, 1.165) is 17.0 Å². The third kappa shape index (κ3) is 2.95. The van der Waals surface area contributed by atoms with E-state index in [9.17, 15) is 4.39 Å². The number of nitrogens with zero attached hydrogens (tertiary/aromatic N) is 1. The number of hydrazine groups is 1. The fourth-order valence-corrected chi connectivity index (χ4v) is 2.33. The molecule has 0 saturated heterocycles. The zero-order valence-corrected chi connectivity index (χ0v) is 11.8. The minimum Gasteiger partial charge on any atom is -0.496 e. The second-order valence-corrected chi connectivity index (χ2v) is 4.67. The van der Waals surface area contributed by atoms with Crippen LogP contribution in [-0.2, 0) is 0 Å². The molecule has 1 aromatic heterocycles. The van der Waals surface area contributed by atoms with Crippen molar-refractivity contribution in [3.8, 4) is 5.75 Å². The van der Waals surface area contributed by atoms with Crippen molar-refractivity contribution in [3.63, 3.8) is 0 Å². The lowest BCUT2D eigenvalue weighted by atomic mass is 9.97. The van der Waals surface area contributed by atoms with Gasteiger partial charge in [-0.2, -0.15) is 0 Å². The van der Waals surface area contributed by atoms with Crippen molar-refractivity contribution in [3.05, 3.63) is 58.7 Å². The van der Waals surface area contributed by atoms with E-state index >= 15 is 0 Å². The first-order valence-corrected chi connectivity index (χ1v) is 6.30. The van der Waals surface area contributed by atoms with Crippen LogP contribution >= 0.6 is 0 Å². The van der Waals surface area contributed by atoms with Crippen LogP contribution in [0.3, 0.4) is 0 Å². The van der Waals surface area contributed by atoms with Crippen molar-refractivity contribution in [2.75, 3.05) is 7.11 Å². The lowest BCUT2D eigenvalue weighted by Gasteiger charge is -2.20. The third-order valence-corrected chi connectivity index (χ3v) is 3.11. The number of nitrogens with two attached hydrogens (primary N) is 1. The van der Waals surface area contributed by atoms with E-state index < -0.39 is 0 Å². The Kier molecular flexibility index (Phi) is 4.32. The van der Waals surface area contributed by atoms with Crippen LogP contribution in [0.1, 0.15) is 28.6 Å². The molecule has 1 unspecified atom stereocenters. The highest BCUT2D eigenvalue weighted by atomic mass is 19.1. The molecule has 1 aromatic carbocycles. The van der Waals surface area contributed by atoms with Crippen molar-refractivity contribution < 1.29 is 9.13 Å². The van der Waals surface area contributed by atoms with Crippen LogP contribution in [0.5, 0.6) is 5.75 Å². The van der Waals surface area contributed by atoms with Gasteiger partial charge in [0.25, 0.3) is 0 Å². The van der Waals surface area contributed by atoms with E-state index in [4.69, 9.17) is 10.6 Å². The molecule has 3 N–H and O–H groups in total. The number of hydrogen-bond acceptors (Lipinski definition) is 4. The summed E-state index contributed by atoms with van der Waals surface area (Å²) in [6.07, 6.45) is 0. The number of aryl methyl sites for hydroxylation is 2. The Morgan fingerprint density at radius 1 is 1.20 bits per heavy atom. The van der Waals surface area contributed by atoms with Gasteiger partial charge in [0.2, 0.25) is 0 Å². The van der Waals surface area contributed by atoms with Gasteiger partial charge in [-0.3, -0.25) is 10.8 Å². The van der Waals surface area contributed by atoms with Gasteiger partial charge in [0.1, 0.15) is 11.6 Å². The van der Waals surface area contributed by atoms with Crippen molar-refractivity contribution in [1.82, 2.24) is 10.4 Å². The monoisotopic (exact) mass is 275 g/mol. The van der Waals surface area contributed by atoms with Crippen molar-refractivity contribution in [2.45, 2.75) is 19.9 Å². The summed E-state index contributed by atoms with van der Waals surface area (Å²) >= 11 is 0. The fourth-order valence-electron chi connectivity index (χ4n) is 2.33. The van der Waals surface area contributed by atoms with Gasteiger partial charge in [0.05, 0.1) is 13.2 Å². The molecule has 0 saturated carbocycles. The maximum atomic E-state index is 13.5. The number of ether oxygens (including phenoxy) is 1. The Labute approximate surface area is 117 Å². The standard InChI is InChI=1S/C15H18FN3O/c1-9-6-11(7-10(2)18-9)15(19-17)13-8-12(16)4-5-14(13)20-3/h4-8,15,19H,17H2,1-3H3. The Bertz CT molecular complexity index is 596. The largest absolute Gasteiger partial charge is 0.496 e. The summed E-state index contributed by atoms with van der Waals surface area (Å²) in [5.41, 5.74) is 6.06. The minimum absolute atomic E-state index is 0.330. The highest BCUT2D eigenvalue weighted by Gasteiger charge is 2.18. The van der Waals surface area contributed by atoms with E-state index in [1.54, 1.807) is 13.2 Å². The highest BCUT2D eigenvalue weighted by molar-refractivity contribution is 5.42. The number of hydrogen-bond donors (Lipinski definition) is 2. The number of pyridine rings is 1. The summed E-state index contributed by atoms with van der Waals surface area (Å²) in [5, 5.41) is 0. The molecule has 2 aromatic rings. The third-order valence-electron chi connectivity index (χ3n) is 3.11.